The van der Waals surface area contributed by atoms with Gasteiger partial charge >= 0.3 is 12.0 Å². The number of para-hydroxylation sites is 1. The number of carbonyl (C=O) groups is 3. The van der Waals surface area contributed by atoms with Gasteiger partial charge < -0.3 is 21.1 Å². The number of urea groups is 1. The van der Waals surface area contributed by atoms with Gasteiger partial charge in [0.2, 0.25) is 0 Å². The van der Waals surface area contributed by atoms with Crippen molar-refractivity contribution in [1.82, 2.24) is 10.6 Å². The van der Waals surface area contributed by atoms with Gasteiger partial charge in [-0.2, -0.15) is 0 Å². The van der Waals surface area contributed by atoms with Crippen LogP contribution in [0.1, 0.15) is 25.3 Å². The fraction of sp³-hybridized carbons (Fsp3) is 0.240. The molecular formula is C25H26ClN3O4. The van der Waals surface area contributed by atoms with Crippen LogP contribution in [0.15, 0.2) is 78.9 Å². The second kappa shape index (κ2) is 10.4. The van der Waals surface area contributed by atoms with E-state index in [9.17, 15) is 19.5 Å². The largest absolute Gasteiger partial charge is 0.480 e. The highest BCUT2D eigenvalue weighted by Gasteiger charge is 2.39. The zero-order valence-electron chi connectivity index (χ0n) is 18.3. The van der Waals surface area contributed by atoms with E-state index in [4.69, 9.17) is 11.6 Å². The minimum absolute atomic E-state index is 0.0964. The number of benzene rings is 2. The van der Waals surface area contributed by atoms with Crippen LogP contribution < -0.4 is 16.0 Å². The number of hydrogen-bond donors (Lipinski definition) is 4. The molecule has 2 aromatic carbocycles. The summed E-state index contributed by atoms with van der Waals surface area (Å²) < 4.78 is 0. The number of anilines is 1. The van der Waals surface area contributed by atoms with Crippen LogP contribution in [-0.4, -0.2) is 34.6 Å². The highest BCUT2D eigenvalue weighted by Crippen LogP contribution is 2.28. The quantitative estimate of drug-likeness (QED) is 0.454. The first kappa shape index (κ1) is 24.1. The molecule has 1 aliphatic rings. The van der Waals surface area contributed by atoms with Crippen molar-refractivity contribution < 1.29 is 19.5 Å². The zero-order chi connectivity index (χ0) is 24.0. The summed E-state index contributed by atoms with van der Waals surface area (Å²) in [6, 6.07) is 14.6. The summed E-state index contributed by atoms with van der Waals surface area (Å²) in [5, 5.41) is 17.7. The average Bonchev–Trinajstić information content (AvgIpc) is 2.79. The number of halogens is 1. The van der Waals surface area contributed by atoms with E-state index < -0.39 is 29.5 Å². The van der Waals surface area contributed by atoms with Gasteiger partial charge in [-0.1, -0.05) is 80.1 Å². The Kier molecular flexibility index (Phi) is 7.55. The van der Waals surface area contributed by atoms with Crippen LogP contribution in [0.4, 0.5) is 10.5 Å². The maximum atomic E-state index is 13.3. The fourth-order valence-corrected chi connectivity index (χ4v) is 3.68. The van der Waals surface area contributed by atoms with E-state index in [0.29, 0.717) is 10.7 Å². The van der Waals surface area contributed by atoms with Crippen molar-refractivity contribution in [1.29, 1.82) is 0 Å². The summed E-state index contributed by atoms with van der Waals surface area (Å²) in [5.41, 5.74) is -0.187. The third kappa shape index (κ3) is 5.81. The molecule has 33 heavy (non-hydrogen) atoms. The minimum Gasteiger partial charge on any atom is -0.480 e. The molecule has 3 rings (SSSR count). The van der Waals surface area contributed by atoms with Crippen molar-refractivity contribution in [2.24, 2.45) is 5.92 Å². The molecule has 0 saturated carbocycles. The van der Waals surface area contributed by atoms with E-state index in [1.807, 2.05) is 30.3 Å². The maximum Gasteiger partial charge on any atom is 0.326 e. The Morgan fingerprint density at radius 3 is 2.15 bits per heavy atom. The Morgan fingerprint density at radius 2 is 1.58 bits per heavy atom. The molecule has 0 aliphatic heterocycles. The summed E-state index contributed by atoms with van der Waals surface area (Å²) in [7, 11) is 0. The van der Waals surface area contributed by atoms with Crippen LogP contribution in [0, 0.1) is 5.92 Å². The Bertz CT molecular complexity index is 1070. The molecule has 0 unspecified atom stereocenters. The molecule has 2 aromatic rings. The Hall–Kier alpha value is -3.58. The normalized spacial score (nSPS) is 20.2. The molecule has 7 nitrogen and oxygen atoms in total. The van der Waals surface area contributed by atoms with Crippen LogP contribution in [-0.2, 0) is 9.59 Å². The number of carboxylic acids is 1. The maximum absolute atomic E-state index is 13.3. The molecular weight excluding hydrogens is 442 g/mol. The second-order valence-corrected chi connectivity index (χ2v) is 8.52. The lowest BCUT2D eigenvalue weighted by atomic mass is 9.85. The number of hydrogen-bond acceptors (Lipinski definition) is 3. The highest BCUT2D eigenvalue weighted by molar-refractivity contribution is 6.33. The zero-order valence-corrected chi connectivity index (χ0v) is 19.0. The molecule has 8 heteroatoms. The number of carbonyl (C=O) groups excluding carboxylic acids is 2. The predicted molar refractivity (Wildman–Crippen MR) is 128 cm³/mol. The van der Waals surface area contributed by atoms with Gasteiger partial charge in [0.05, 0.1) is 10.7 Å². The monoisotopic (exact) mass is 467 g/mol. The molecule has 4 N–H and O–H groups in total. The third-order valence-electron chi connectivity index (χ3n) is 5.35. The van der Waals surface area contributed by atoms with Crippen LogP contribution in [0.3, 0.4) is 0 Å². The van der Waals surface area contributed by atoms with Gasteiger partial charge in [0.1, 0.15) is 6.04 Å². The molecule has 0 radical (unpaired) electrons. The molecule has 0 spiro atoms. The standard InChI is InChI=1S/C25H26ClN3O4/c1-16(2)21(22(30)31)28-23(32)25(29-24(33)27-20-11-7-6-10-19(20)26)14-12-18(13-15-25)17-8-4-3-5-9-17/h3-16,18,21H,1-2H3,(H,28,32)(H,30,31)(H2,27,29,33)/t18?,21-,25?/m0/s1. The second-order valence-electron chi connectivity index (χ2n) is 8.12. The minimum atomic E-state index is -1.58. The summed E-state index contributed by atoms with van der Waals surface area (Å²) in [6.45, 7) is 3.39. The lowest BCUT2D eigenvalue weighted by Gasteiger charge is -2.32. The van der Waals surface area contributed by atoms with Gasteiger partial charge in [0.25, 0.3) is 5.91 Å². The molecule has 1 atom stereocenters. The number of allylic oxidation sites excluding steroid dienone is 2. The number of amides is 3. The van der Waals surface area contributed by atoms with E-state index in [-0.39, 0.29) is 11.8 Å². The summed E-state index contributed by atoms with van der Waals surface area (Å²) in [6.07, 6.45) is 6.75. The van der Waals surface area contributed by atoms with Crippen molar-refractivity contribution in [3.05, 3.63) is 89.5 Å². The molecule has 0 bridgehead atoms. The lowest BCUT2D eigenvalue weighted by molar-refractivity contribution is -0.143. The van der Waals surface area contributed by atoms with Crippen LogP contribution in [0.2, 0.25) is 5.02 Å². The Balaban J connectivity index is 1.87. The number of aliphatic carboxylic acids is 1. The van der Waals surface area contributed by atoms with Gasteiger partial charge in [0, 0.05) is 5.92 Å². The van der Waals surface area contributed by atoms with E-state index in [2.05, 4.69) is 16.0 Å². The third-order valence-corrected chi connectivity index (χ3v) is 5.68. The molecule has 0 saturated heterocycles. The van der Waals surface area contributed by atoms with Gasteiger partial charge in [-0.05, 0) is 35.8 Å². The molecule has 0 aromatic heterocycles. The van der Waals surface area contributed by atoms with Gasteiger partial charge in [-0.25, -0.2) is 9.59 Å². The van der Waals surface area contributed by atoms with E-state index in [1.54, 1.807) is 62.4 Å². The first-order valence-electron chi connectivity index (χ1n) is 10.5. The van der Waals surface area contributed by atoms with E-state index >= 15 is 0 Å². The Morgan fingerprint density at radius 1 is 0.970 bits per heavy atom. The molecule has 3 amide bonds. The first-order valence-corrected chi connectivity index (χ1v) is 10.9. The SMILES string of the molecule is CC(C)[C@H](NC(=O)C1(NC(=O)Nc2ccccc2Cl)C=CC(c2ccccc2)C=C1)C(=O)O. The lowest BCUT2D eigenvalue weighted by Crippen LogP contribution is -2.61. The topological polar surface area (TPSA) is 108 Å². The van der Waals surface area contributed by atoms with Gasteiger partial charge in [0.15, 0.2) is 5.54 Å². The molecule has 172 valence electrons. The van der Waals surface area contributed by atoms with E-state index in [0.717, 1.165) is 5.56 Å². The summed E-state index contributed by atoms with van der Waals surface area (Å²) in [5.74, 6) is -2.26. The van der Waals surface area contributed by atoms with Crippen molar-refractivity contribution in [2.45, 2.75) is 31.3 Å². The van der Waals surface area contributed by atoms with Crippen LogP contribution in [0.25, 0.3) is 0 Å². The number of rotatable bonds is 7. The smallest absolute Gasteiger partial charge is 0.326 e. The summed E-state index contributed by atoms with van der Waals surface area (Å²) >= 11 is 6.12. The molecule has 0 heterocycles. The van der Waals surface area contributed by atoms with Gasteiger partial charge in [-0.15, -0.1) is 0 Å². The summed E-state index contributed by atoms with van der Waals surface area (Å²) in [4.78, 5) is 37.7. The van der Waals surface area contributed by atoms with Crippen molar-refractivity contribution in [3.63, 3.8) is 0 Å². The van der Waals surface area contributed by atoms with Crippen molar-refractivity contribution in [2.75, 3.05) is 5.32 Å². The number of nitrogens with one attached hydrogen (secondary N) is 3. The molecule has 1 aliphatic carbocycles. The highest BCUT2D eigenvalue weighted by atomic mass is 35.5. The van der Waals surface area contributed by atoms with Gasteiger partial charge in [-0.3, -0.25) is 4.79 Å². The van der Waals surface area contributed by atoms with E-state index in [1.165, 1.54) is 0 Å². The Labute approximate surface area is 197 Å². The van der Waals surface area contributed by atoms with Crippen molar-refractivity contribution in [3.8, 4) is 0 Å². The van der Waals surface area contributed by atoms with Crippen LogP contribution in [0.5, 0.6) is 0 Å². The average molecular weight is 468 g/mol. The van der Waals surface area contributed by atoms with Crippen molar-refractivity contribution >= 4 is 35.2 Å². The fourth-order valence-electron chi connectivity index (χ4n) is 3.50. The number of carboxylic acid groups (broad SMARTS) is 1. The van der Waals surface area contributed by atoms with Crippen LogP contribution >= 0.6 is 11.6 Å². The molecule has 0 fully saturated rings. The predicted octanol–water partition coefficient (Wildman–Crippen LogP) is 4.34. The first-order chi connectivity index (χ1) is 15.7.